The van der Waals surface area contributed by atoms with Crippen molar-refractivity contribution in [3.63, 3.8) is 0 Å². The van der Waals surface area contributed by atoms with E-state index in [0.717, 1.165) is 44.7 Å². The van der Waals surface area contributed by atoms with E-state index in [4.69, 9.17) is 9.47 Å². The first-order valence-electron chi connectivity index (χ1n) is 9.11. The number of aryl methyl sites for hydroxylation is 1. The highest BCUT2D eigenvalue weighted by atomic mass is 32.1. The zero-order valence-electron chi connectivity index (χ0n) is 15.0. The molecule has 1 saturated carbocycles. The van der Waals surface area contributed by atoms with E-state index in [9.17, 15) is 0 Å². The number of likely N-dealkylation sites (tertiary alicyclic amines) is 1. The summed E-state index contributed by atoms with van der Waals surface area (Å²) in [5, 5.41) is 0. The number of rotatable bonds is 5. The van der Waals surface area contributed by atoms with Crippen LogP contribution in [0.1, 0.15) is 35.4 Å². The van der Waals surface area contributed by atoms with Crippen molar-refractivity contribution in [2.24, 2.45) is 0 Å². The lowest BCUT2D eigenvalue weighted by atomic mass is 9.79. The van der Waals surface area contributed by atoms with Gasteiger partial charge in [-0.25, -0.2) is 4.98 Å². The van der Waals surface area contributed by atoms with Crippen molar-refractivity contribution >= 4 is 11.3 Å². The second kappa shape index (κ2) is 7.06. The van der Waals surface area contributed by atoms with Crippen molar-refractivity contribution < 1.29 is 9.47 Å². The molecule has 0 bridgehead atoms. The van der Waals surface area contributed by atoms with Gasteiger partial charge in [0.05, 0.1) is 5.60 Å². The molecule has 1 aliphatic heterocycles. The van der Waals surface area contributed by atoms with Crippen LogP contribution in [-0.4, -0.2) is 41.3 Å². The highest BCUT2D eigenvalue weighted by molar-refractivity contribution is 7.11. The van der Waals surface area contributed by atoms with Gasteiger partial charge < -0.3 is 9.47 Å². The van der Waals surface area contributed by atoms with Crippen molar-refractivity contribution in [1.29, 1.82) is 0 Å². The number of ether oxygens (including phenoxy) is 2. The van der Waals surface area contributed by atoms with E-state index >= 15 is 0 Å². The average molecular weight is 359 g/mol. The van der Waals surface area contributed by atoms with Gasteiger partial charge in [-0.1, -0.05) is 6.07 Å². The lowest BCUT2D eigenvalue weighted by Gasteiger charge is -2.43. The Bertz CT molecular complexity index is 705. The number of nitrogens with zero attached hydrogens (tertiary/aromatic N) is 2. The van der Waals surface area contributed by atoms with Gasteiger partial charge in [-0.15, -0.1) is 11.3 Å². The average Bonchev–Trinajstić information content (AvgIpc) is 3.21. The van der Waals surface area contributed by atoms with Crippen molar-refractivity contribution in [3.8, 4) is 5.88 Å². The quantitative estimate of drug-likeness (QED) is 0.808. The molecule has 1 saturated heterocycles. The van der Waals surface area contributed by atoms with Crippen LogP contribution in [0.25, 0.3) is 0 Å². The van der Waals surface area contributed by atoms with Crippen LogP contribution in [0, 0.1) is 6.92 Å². The van der Waals surface area contributed by atoms with Crippen LogP contribution in [0.4, 0.5) is 0 Å². The third kappa shape index (κ3) is 3.46. The van der Waals surface area contributed by atoms with Crippen LogP contribution >= 0.6 is 11.3 Å². The number of methoxy groups -OCH3 is 1. The maximum atomic E-state index is 6.16. The van der Waals surface area contributed by atoms with Gasteiger partial charge in [0.15, 0.2) is 0 Å². The molecule has 3 atom stereocenters. The summed E-state index contributed by atoms with van der Waals surface area (Å²) in [6.45, 7) is 4.30. The highest BCUT2D eigenvalue weighted by Crippen LogP contribution is 2.44. The fraction of sp³-hybridized carbons (Fsp3) is 0.550. The van der Waals surface area contributed by atoms with Crippen molar-refractivity contribution in [2.45, 2.75) is 56.9 Å². The van der Waals surface area contributed by atoms with Crippen molar-refractivity contribution in [1.82, 2.24) is 9.88 Å². The predicted octanol–water partition coefficient (Wildman–Crippen LogP) is 4.04. The van der Waals surface area contributed by atoms with Crippen LogP contribution in [-0.2, 0) is 11.3 Å². The smallest absolute Gasteiger partial charge is 0.213 e. The number of hydrogen-bond acceptors (Lipinski definition) is 5. The first-order valence-corrected chi connectivity index (χ1v) is 9.92. The van der Waals surface area contributed by atoms with E-state index in [-0.39, 0.29) is 11.7 Å². The van der Waals surface area contributed by atoms with Crippen molar-refractivity contribution in [3.05, 3.63) is 46.3 Å². The van der Waals surface area contributed by atoms with Gasteiger partial charge in [-0.2, -0.15) is 0 Å². The van der Waals surface area contributed by atoms with Crippen molar-refractivity contribution in [2.75, 3.05) is 13.7 Å². The molecule has 0 amide bonds. The molecule has 1 aliphatic carbocycles. The second-order valence-electron chi connectivity index (χ2n) is 7.20. The van der Waals surface area contributed by atoms with E-state index in [1.54, 1.807) is 6.20 Å². The summed E-state index contributed by atoms with van der Waals surface area (Å²) in [5.74, 6) is 0.732. The summed E-state index contributed by atoms with van der Waals surface area (Å²) in [6.07, 6.45) is 6.23. The largest absolute Gasteiger partial charge is 0.474 e. The van der Waals surface area contributed by atoms with Gasteiger partial charge >= 0.3 is 0 Å². The lowest BCUT2D eigenvalue weighted by molar-refractivity contribution is -0.0842. The summed E-state index contributed by atoms with van der Waals surface area (Å²) >= 11 is 1.90. The van der Waals surface area contributed by atoms with Crippen LogP contribution in [0.2, 0.25) is 0 Å². The molecule has 2 fully saturated rings. The van der Waals surface area contributed by atoms with Gasteiger partial charge in [0.2, 0.25) is 5.88 Å². The lowest BCUT2D eigenvalue weighted by Crippen LogP contribution is -2.52. The minimum atomic E-state index is -0.00369. The summed E-state index contributed by atoms with van der Waals surface area (Å²) in [4.78, 5) is 9.74. The summed E-state index contributed by atoms with van der Waals surface area (Å²) in [7, 11) is 1.88. The van der Waals surface area contributed by atoms with Gasteiger partial charge in [-0.05, 0) is 44.4 Å². The molecule has 2 aromatic heterocycles. The number of thiophene rings is 1. The van der Waals surface area contributed by atoms with Crippen LogP contribution in [0.3, 0.4) is 0 Å². The Morgan fingerprint density at radius 1 is 1.28 bits per heavy atom. The maximum Gasteiger partial charge on any atom is 0.213 e. The molecule has 0 N–H and O–H groups in total. The fourth-order valence-electron chi connectivity index (χ4n) is 4.41. The monoisotopic (exact) mass is 358 g/mol. The Kier molecular flexibility index (Phi) is 4.80. The molecule has 0 radical (unpaired) electrons. The first kappa shape index (κ1) is 17.0. The van der Waals surface area contributed by atoms with E-state index in [0.29, 0.717) is 6.04 Å². The fourth-order valence-corrected chi connectivity index (χ4v) is 5.33. The zero-order valence-corrected chi connectivity index (χ0v) is 15.8. The molecule has 3 heterocycles. The number of hydrogen-bond donors (Lipinski definition) is 0. The molecule has 2 aromatic rings. The number of aromatic nitrogens is 1. The molecule has 0 aromatic carbocycles. The highest BCUT2D eigenvalue weighted by Gasteiger charge is 2.51. The minimum Gasteiger partial charge on any atom is -0.474 e. The van der Waals surface area contributed by atoms with Crippen LogP contribution in [0.15, 0.2) is 36.5 Å². The van der Waals surface area contributed by atoms with Gasteiger partial charge in [0, 0.05) is 54.7 Å². The number of fused-ring (bicyclic) bond motifs is 1. The molecule has 5 heteroatoms. The molecule has 4 nitrogen and oxygen atoms in total. The first-order chi connectivity index (χ1) is 12.2. The summed E-state index contributed by atoms with van der Waals surface area (Å²) < 4.78 is 12.2. The molecule has 134 valence electrons. The topological polar surface area (TPSA) is 34.6 Å². The SMILES string of the molecule is CO[C@@]12CC[C@H](Oc3ccccn3)C[C@@H]1N(Cc1ccc(C)s1)CC2. The molecule has 4 rings (SSSR count). The van der Waals surface area contributed by atoms with Gasteiger partial charge in [0.1, 0.15) is 6.10 Å². The third-order valence-corrected chi connectivity index (χ3v) is 6.72. The predicted molar refractivity (Wildman–Crippen MR) is 100 cm³/mol. The zero-order chi connectivity index (χ0) is 17.3. The second-order valence-corrected chi connectivity index (χ2v) is 8.57. The molecule has 0 unspecified atom stereocenters. The Labute approximate surface area is 153 Å². The van der Waals surface area contributed by atoms with E-state index in [1.807, 2.05) is 36.6 Å². The van der Waals surface area contributed by atoms with Crippen LogP contribution in [0.5, 0.6) is 5.88 Å². The minimum absolute atomic E-state index is 0.00369. The van der Waals surface area contributed by atoms with E-state index in [1.165, 1.54) is 9.75 Å². The normalized spacial score (nSPS) is 29.5. The van der Waals surface area contributed by atoms with E-state index in [2.05, 4.69) is 28.9 Å². The van der Waals surface area contributed by atoms with Gasteiger partial charge in [-0.3, -0.25) is 4.90 Å². The Morgan fingerprint density at radius 3 is 2.92 bits per heavy atom. The third-order valence-electron chi connectivity index (χ3n) is 5.73. The Morgan fingerprint density at radius 2 is 2.20 bits per heavy atom. The molecular weight excluding hydrogens is 332 g/mol. The molecular formula is C20H26N2O2S. The van der Waals surface area contributed by atoms with Gasteiger partial charge in [0.25, 0.3) is 0 Å². The molecule has 0 spiro atoms. The summed E-state index contributed by atoms with van der Waals surface area (Å²) in [6, 6.07) is 10.7. The maximum absolute atomic E-state index is 6.16. The Balaban J connectivity index is 1.48. The molecule has 2 aliphatic rings. The summed E-state index contributed by atoms with van der Waals surface area (Å²) in [5.41, 5.74) is -0.00369. The molecule has 25 heavy (non-hydrogen) atoms. The van der Waals surface area contributed by atoms with E-state index < -0.39 is 0 Å². The Hall–Kier alpha value is -1.43. The van der Waals surface area contributed by atoms with Crippen LogP contribution < -0.4 is 4.74 Å². The number of pyridine rings is 1. The standard InChI is InChI=1S/C20H26N2O2S/c1-15-6-7-17(25-15)14-22-12-10-20(23-2)9-8-16(13-18(20)22)24-19-5-3-4-11-21-19/h3-7,11,16,18H,8-10,12-14H2,1-2H3/t16-,18-,20+/m0/s1.